The Morgan fingerprint density at radius 2 is 1.50 bits per heavy atom. The molecule has 16 heavy (non-hydrogen) atoms. The standard InChI is InChI=1S/C9H15N3O4/c1-8(2,5(13)14)9(3,4)12-6(15)10-11-7(12)16/h1-4H3,(H,10,15)(H,11,16)(H,13,14). The number of aliphatic carboxylic acids is 1. The smallest absolute Gasteiger partial charge is 0.344 e. The van der Waals surface area contributed by atoms with Crippen LogP contribution < -0.4 is 11.4 Å². The number of carboxylic acids is 1. The Hall–Kier alpha value is -1.79. The monoisotopic (exact) mass is 229 g/mol. The van der Waals surface area contributed by atoms with Crippen LogP contribution in [-0.4, -0.2) is 25.8 Å². The molecule has 0 radical (unpaired) electrons. The van der Waals surface area contributed by atoms with Gasteiger partial charge in [-0.25, -0.2) is 24.4 Å². The van der Waals surface area contributed by atoms with Crippen LogP contribution in [0.1, 0.15) is 27.7 Å². The van der Waals surface area contributed by atoms with E-state index in [4.69, 9.17) is 5.11 Å². The van der Waals surface area contributed by atoms with Crippen molar-refractivity contribution in [1.82, 2.24) is 14.8 Å². The fourth-order valence-electron chi connectivity index (χ4n) is 1.36. The molecule has 0 amide bonds. The molecule has 0 unspecified atom stereocenters. The first-order valence-corrected chi connectivity index (χ1v) is 4.76. The van der Waals surface area contributed by atoms with E-state index < -0.39 is 28.3 Å². The van der Waals surface area contributed by atoms with Crippen LogP contribution in [-0.2, 0) is 10.3 Å². The number of rotatable bonds is 3. The third-order valence-electron chi connectivity index (χ3n) is 3.31. The quantitative estimate of drug-likeness (QED) is 0.661. The molecule has 0 saturated carbocycles. The number of nitrogens with zero attached hydrogens (tertiary/aromatic N) is 1. The number of aromatic amines is 2. The van der Waals surface area contributed by atoms with Crippen LogP contribution in [0.3, 0.4) is 0 Å². The van der Waals surface area contributed by atoms with E-state index in [-0.39, 0.29) is 0 Å². The predicted octanol–water partition coefficient (Wildman–Crippen LogP) is -0.289. The number of hydrogen-bond acceptors (Lipinski definition) is 3. The van der Waals surface area contributed by atoms with Gasteiger partial charge in [0.15, 0.2) is 0 Å². The van der Waals surface area contributed by atoms with Gasteiger partial charge in [0.05, 0.1) is 11.0 Å². The molecule has 7 heteroatoms. The maximum absolute atomic E-state index is 11.4. The summed E-state index contributed by atoms with van der Waals surface area (Å²) >= 11 is 0. The second kappa shape index (κ2) is 3.36. The molecule has 0 spiro atoms. The van der Waals surface area contributed by atoms with Crippen LogP contribution in [0.15, 0.2) is 9.59 Å². The zero-order valence-corrected chi connectivity index (χ0v) is 9.62. The van der Waals surface area contributed by atoms with E-state index in [1.807, 2.05) is 0 Å². The van der Waals surface area contributed by atoms with Gasteiger partial charge in [-0.2, -0.15) is 0 Å². The molecule has 0 bridgehead atoms. The van der Waals surface area contributed by atoms with Crippen molar-refractivity contribution >= 4 is 5.97 Å². The highest BCUT2D eigenvalue weighted by atomic mass is 16.4. The Labute approximate surface area is 91.1 Å². The molecule has 7 nitrogen and oxygen atoms in total. The van der Waals surface area contributed by atoms with Gasteiger partial charge in [-0.1, -0.05) is 0 Å². The number of carboxylic acid groups (broad SMARTS) is 1. The Morgan fingerprint density at radius 3 is 1.81 bits per heavy atom. The SMILES string of the molecule is CC(C)(C(=O)O)C(C)(C)n1c(=O)[nH][nH]c1=O. The van der Waals surface area contributed by atoms with Gasteiger partial charge in [0.25, 0.3) is 0 Å². The van der Waals surface area contributed by atoms with Crippen LogP contribution in [0, 0.1) is 5.41 Å². The molecule has 0 aliphatic rings. The summed E-state index contributed by atoms with van der Waals surface area (Å²) in [5.74, 6) is -1.08. The Kier molecular flexibility index (Phi) is 2.58. The molecule has 0 aliphatic carbocycles. The lowest BCUT2D eigenvalue weighted by Crippen LogP contribution is -2.53. The molecule has 1 aromatic heterocycles. The number of H-pyrrole nitrogens is 2. The van der Waals surface area contributed by atoms with Gasteiger partial charge < -0.3 is 5.11 Å². The summed E-state index contributed by atoms with van der Waals surface area (Å²) in [5.41, 5.74) is -3.70. The van der Waals surface area contributed by atoms with Crippen molar-refractivity contribution in [3.63, 3.8) is 0 Å². The normalized spacial score (nSPS) is 12.8. The van der Waals surface area contributed by atoms with Gasteiger partial charge in [0.1, 0.15) is 0 Å². The van der Waals surface area contributed by atoms with Gasteiger partial charge in [-0.3, -0.25) is 4.79 Å². The van der Waals surface area contributed by atoms with Crippen LogP contribution in [0.5, 0.6) is 0 Å². The van der Waals surface area contributed by atoms with E-state index in [0.29, 0.717) is 0 Å². The van der Waals surface area contributed by atoms with Gasteiger partial charge in [0, 0.05) is 0 Å². The summed E-state index contributed by atoms with van der Waals surface area (Å²) in [4.78, 5) is 34.0. The highest BCUT2D eigenvalue weighted by Gasteiger charge is 2.46. The average Bonchev–Trinajstić information content (AvgIpc) is 2.45. The first kappa shape index (κ1) is 12.3. The third-order valence-corrected chi connectivity index (χ3v) is 3.31. The van der Waals surface area contributed by atoms with E-state index in [1.54, 1.807) is 0 Å². The minimum atomic E-state index is -1.26. The maximum Gasteiger partial charge on any atom is 0.344 e. The van der Waals surface area contributed by atoms with Gasteiger partial charge >= 0.3 is 17.3 Å². The lowest BCUT2D eigenvalue weighted by Gasteiger charge is -2.37. The van der Waals surface area contributed by atoms with Gasteiger partial charge in [0.2, 0.25) is 0 Å². The average molecular weight is 229 g/mol. The summed E-state index contributed by atoms with van der Waals surface area (Å²) < 4.78 is 0.876. The number of nitrogens with one attached hydrogen (secondary N) is 2. The maximum atomic E-state index is 11.4. The molecule has 90 valence electrons. The Morgan fingerprint density at radius 1 is 1.12 bits per heavy atom. The van der Waals surface area contributed by atoms with E-state index in [9.17, 15) is 14.4 Å². The van der Waals surface area contributed by atoms with Crippen molar-refractivity contribution < 1.29 is 9.90 Å². The molecule has 1 rings (SSSR count). The summed E-state index contributed by atoms with van der Waals surface area (Å²) in [6.07, 6.45) is 0. The van der Waals surface area contributed by atoms with Crippen LogP contribution in [0.4, 0.5) is 0 Å². The topological polar surface area (TPSA) is 108 Å². The number of carbonyl (C=O) groups is 1. The molecule has 1 heterocycles. The minimum Gasteiger partial charge on any atom is -0.481 e. The van der Waals surface area contributed by atoms with Crippen molar-refractivity contribution in [2.24, 2.45) is 5.41 Å². The first-order valence-electron chi connectivity index (χ1n) is 4.76. The lowest BCUT2D eigenvalue weighted by molar-refractivity contribution is -0.153. The van der Waals surface area contributed by atoms with E-state index >= 15 is 0 Å². The van der Waals surface area contributed by atoms with Crippen molar-refractivity contribution in [3.8, 4) is 0 Å². The summed E-state index contributed by atoms with van der Waals surface area (Å²) in [7, 11) is 0. The van der Waals surface area contributed by atoms with Crippen LogP contribution in [0.2, 0.25) is 0 Å². The molecule has 0 atom stereocenters. The van der Waals surface area contributed by atoms with E-state index in [1.165, 1.54) is 27.7 Å². The molecule has 1 aromatic rings. The second-order valence-electron chi connectivity index (χ2n) is 4.68. The summed E-state index contributed by atoms with van der Waals surface area (Å²) in [6, 6.07) is 0. The molecule has 0 aliphatic heterocycles. The van der Waals surface area contributed by atoms with Crippen molar-refractivity contribution in [2.75, 3.05) is 0 Å². The number of aromatic nitrogens is 3. The molecular weight excluding hydrogens is 214 g/mol. The number of hydrogen-bond donors (Lipinski definition) is 3. The zero-order chi connectivity index (χ0) is 12.7. The summed E-state index contributed by atoms with van der Waals surface area (Å²) in [5, 5.41) is 13.4. The van der Waals surface area contributed by atoms with E-state index in [2.05, 4.69) is 10.2 Å². The highest BCUT2D eigenvalue weighted by molar-refractivity contribution is 5.75. The predicted molar refractivity (Wildman–Crippen MR) is 56.4 cm³/mol. The Balaban J connectivity index is 3.49. The molecule has 0 saturated heterocycles. The molecule has 0 aromatic carbocycles. The van der Waals surface area contributed by atoms with E-state index in [0.717, 1.165) is 4.57 Å². The van der Waals surface area contributed by atoms with Crippen molar-refractivity contribution in [3.05, 3.63) is 21.0 Å². The fraction of sp³-hybridized carbons (Fsp3) is 0.667. The first-order chi connectivity index (χ1) is 7.12. The fourth-order valence-corrected chi connectivity index (χ4v) is 1.36. The van der Waals surface area contributed by atoms with Crippen LogP contribution >= 0.6 is 0 Å². The van der Waals surface area contributed by atoms with Crippen molar-refractivity contribution in [1.29, 1.82) is 0 Å². The molecule has 0 fully saturated rings. The Bertz CT molecular complexity index is 490. The summed E-state index contributed by atoms with van der Waals surface area (Å²) in [6.45, 7) is 6.00. The highest BCUT2D eigenvalue weighted by Crippen LogP contribution is 2.35. The van der Waals surface area contributed by atoms with Gasteiger partial charge in [-0.05, 0) is 27.7 Å². The van der Waals surface area contributed by atoms with Gasteiger partial charge in [-0.15, -0.1) is 0 Å². The molecule has 3 N–H and O–H groups in total. The zero-order valence-electron chi connectivity index (χ0n) is 9.62. The largest absolute Gasteiger partial charge is 0.481 e. The minimum absolute atomic E-state index is 0.649. The molecular formula is C9H15N3O4. The lowest BCUT2D eigenvalue weighted by atomic mass is 9.74. The van der Waals surface area contributed by atoms with Crippen LogP contribution in [0.25, 0.3) is 0 Å². The van der Waals surface area contributed by atoms with Crippen molar-refractivity contribution in [2.45, 2.75) is 33.2 Å². The third kappa shape index (κ3) is 1.48. The second-order valence-corrected chi connectivity index (χ2v) is 4.68.